The van der Waals surface area contributed by atoms with Gasteiger partial charge in [-0.05, 0) is 130 Å². The summed E-state index contributed by atoms with van der Waals surface area (Å²) in [5.74, 6) is 7.37. The van der Waals surface area contributed by atoms with Crippen LogP contribution in [-0.4, -0.2) is 22.4 Å². The summed E-state index contributed by atoms with van der Waals surface area (Å²) in [6.45, 7) is 5.04. The van der Waals surface area contributed by atoms with E-state index in [9.17, 15) is 10.2 Å². The van der Waals surface area contributed by atoms with Crippen LogP contribution >= 0.6 is 0 Å². The maximum absolute atomic E-state index is 10.3. The molecule has 0 amide bonds. The van der Waals surface area contributed by atoms with Gasteiger partial charge in [-0.1, -0.05) is 26.7 Å². The Morgan fingerprint density at radius 3 is 1.28 bits per heavy atom. The molecule has 0 aromatic heterocycles. The minimum atomic E-state index is -0.0396. The highest BCUT2D eigenvalue weighted by Crippen LogP contribution is 2.72. The smallest absolute Gasteiger partial charge is 0.0540 e. The van der Waals surface area contributed by atoms with Crippen molar-refractivity contribution < 1.29 is 10.2 Å². The Morgan fingerprint density at radius 1 is 0.517 bits per heavy atom. The topological polar surface area (TPSA) is 40.5 Å². The summed E-state index contributed by atoms with van der Waals surface area (Å²) in [6.07, 6.45) is 18.0. The van der Waals surface area contributed by atoms with Crippen molar-refractivity contribution in [2.75, 3.05) is 0 Å². The lowest BCUT2D eigenvalue weighted by atomic mass is 9.48. The van der Waals surface area contributed by atoms with Crippen LogP contribution in [0.15, 0.2) is 0 Å². The maximum atomic E-state index is 10.3. The van der Waals surface area contributed by atoms with Crippen LogP contribution in [0.2, 0.25) is 0 Å². The third-order valence-electron chi connectivity index (χ3n) is 11.0. The number of aliphatic hydroxyl groups is 2. The highest BCUT2D eigenvalue weighted by Gasteiger charge is 2.66. The second-order valence-electron chi connectivity index (χ2n) is 12.4. The fourth-order valence-corrected chi connectivity index (χ4v) is 10.0. The van der Waals surface area contributed by atoms with Crippen LogP contribution in [0.25, 0.3) is 0 Å². The van der Waals surface area contributed by atoms with E-state index in [1.54, 1.807) is 0 Å². The van der Waals surface area contributed by atoms with E-state index in [0.717, 1.165) is 73.0 Å². The van der Waals surface area contributed by atoms with Gasteiger partial charge in [0.1, 0.15) is 0 Å². The molecular weight excluding hydrogens is 356 g/mol. The first-order valence-electron chi connectivity index (χ1n) is 13.4. The van der Waals surface area contributed by atoms with Crippen molar-refractivity contribution in [2.45, 2.75) is 116 Å². The van der Waals surface area contributed by atoms with E-state index < -0.39 is 0 Å². The van der Waals surface area contributed by atoms with Crippen molar-refractivity contribution in [3.8, 4) is 0 Å². The first kappa shape index (κ1) is 20.8. The first-order chi connectivity index (χ1) is 14.0. The molecule has 2 heteroatoms. The summed E-state index contributed by atoms with van der Waals surface area (Å²) >= 11 is 0. The molecule has 0 spiro atoms. The van der Waals surface area contributed by atoms with Gasteiger partial charge < -0.3 is 10.2 Å². The van der Waals surface area contributed by atoms with Crippen molar-refractivity contribution in [1.82, 2.24) is 0 Å². The van der Waals surface area contributed by atoms with E-state index >= 15 is 0 Å². The Hall–Kier alpha value is -0.0800. The summed E-state index contributed by atoms with van der Waals surface area (Å²) in [6, 6.07) is 0. The van der Waals surface area contributed by atoms with Crippen LogP contribution in [0.3, 0.4) is 0 Å². The van der Waals surface area contributed by atoms with Crippen LogP contribution in [0, 0.1) is 52.8 Å². The summed E-state index contributed by atoms with van der Waals surface area (Å²) in [5.41, 5.74) is 0.538. The standard InChI is InChI=1S/C27H46O2/c1-17-3-13-25-23(15-17)24-16-18(2)4-14-26(24)27(25,19-5-9-21(28)10-6-19)20-7-11-22(29)12-8-20/h17-26,28-29H,3-16H2,1-2H3. The highest BCUT2D eigenvalue weighted by atomic mass is 16.3. The molecule has 0 saturated heterocycles. The van der Waals surface area contributed by atoms with Crippen LogP contribution in [0.4, 0.5) is 0 Å². The molecule has 5 rings (SSSR count). The predicted octanol–water partition coefficient (Wildman–Crippen LogP) is 6.19. The zero-order chi connectivity index (χ0) is 20.2. The molecule has 0 aromatic rings. The fraction of sp³-hybridized carbons (Fsp3) is 1.00. The zero-order valence-corrected chi connectivity index (χ0v) is 19.1. The molecule has 166 valence electrons. The molecule has 29 heavy (non-hydrogen) atoms. The van der Waals surface area contributed by atoms with Gasteiger partial charge in [0, 0.05) is 0 Å². The monoisotopic (exact) mass is 402 g/mol. The summed E-state index contributed by atoms with van der Waals surface area (Å²) in [7, 11) is 0. The van der Waals surface area contributed by atoms with E-state index in [1.807, 2.05) is 0 Å². The average molecular weight is 403 g/mol. The number of hydrogen-bond donors (Lipinski definition) is 2. The first-order valence-corrected chi connectivity index (χ1v) is 13.4. The number of aliphatic hydroxyl groups excluding tert-OH is 2. The van der Waals surface area contributed by atoms with Gasteiger partial charge in [-0.25, -0.2) is 0 Å². The molecule has 0 aliphatic heterocycles. The summed E-state index contributed by atoms with van der Waals surface area (Å²) in [5, 5.41) is 20.6. The molecule has 0 aromatic carbocycles. The van der Waals surface area contributed by atoms with Crippen molar-refractivity contribution in [3.63, 3.8) is 0 Å². The van der Waals surface area contributed by atoms with Crippen LogP contribution in [0.1, 0.15) is 104 Å². The second-order valence-corrected chi connectivity index (χ2v) is 12.4. The van der Waals surface area contributed by atoms with Crippen molar-refractivity contribution in [1.29, 1.82) is 0 Å². The molecule has 0 bridgehead atoms. The molecule has 2 nitrogen and oxygen atoms in total. The summed E-state index contributed by atoms with van der Waals surface area (Å²) in [4.78, 5) is 0. The second kappa shape index (κ2) is 8.12. The molecule has 5 aliphatic carbocycles. The minimum Gasteiger partial charge on any atom is -0.393 e. The van der Waals surface area contributed by atoms with E-state index in [1.165, 1.54) is 64.2 Å². The van der Waals surface area contributed by atoms with E-state index in [-0.39, 0.29) is 12.2 Å². The Labute approximate surface area is 179 Å². The quantitative estimate of drug-likeness (QED) is 0.578. The Morgan fingerprint density at radius 2 is 0.897 bits per heavy atom. The van der Waals surface area contributed by atoms with Crippen LogP contribution < -0.4 is 0 Å². The van der Waals surface area contributed by atoms with E-state index in [4.69, 9.17) is 0 Å². The van der Waals surface area contributed by atoms with Gasteiger partial charge in [0.05, 0.1) is 12.2 Å². The van der Waals surface area contributed by atoms with Crippen LogP contribution in [0.5, 0.6) is 0 Å². The molecule has 6 unspecified atom stereocenters. The number of hydrogen-bond acceptors (Lipinski definition) is 2. The lowest BCUT2D eigenvalue weighted by Gasteiger charge is -2.57. The Kier molecular flexibility index (Phi) is 5.82. The molecule has 5 saturated carbocycles. The molecule has 6 atom stereocenters. The van der Waals surface area contributed by atoms with Gasteiger partial charge in [-0.15, -0.1) is 0 Å². The molecule has 0 radical (unpaired) electrons. The fourth-order valence-electron chi connectivity index (χ4n) is 10.0. The van der Waals surface area contributed by atoms with Crippen molar-refractivity contribution >= 4 is 0 Å². The third kappa shape index (κ3) is 3.43. The maximum Gasteiger partial charge on any atom is 0.0540 e. The molecule has 5 aliphatic rings. The predicted molar refractivity (Wildman–Crippen MR) is 118 cm³/mol. The SMILES string of the molecule is CC1CCC2C(C1)C1CC(C)CCC1C2(C1CCC(O)CC1)C1CCC(O)CC1. The van der Waals surface area contributed by atoms with Gasteiger partial charge in [0.25, 0.3) is 0 Å². The van der Waals surface area contributed by atoms with Gasteiger partial charge >= 0.3 is 0 Å². The van der Waals surface area contributed by atoms with Gasteiger partial charge in [-0.2, -0.15) is 0 Å². The number of fused-ring (bicyclic) bond motifs is 3. The Bertz CT molecular complexity index is 507. The number of rotatable bonds is 2. The average Bonchev–Trinajstić information content (AvgIpc) is 2.99. The minimum absolute atomic E-state index is 0.0396. The molecule has 5 fully saturated rings. The van der Waals surface area contributed by atoms with Crippen LogP contribution in [-0.2, 0) is 0 Å². The molecule has 2 N–H and O–H groups in total. The highest BCUT2D eigenvalue weighted by molar-refractivity contribution is 5.14. The van der Waals surface area contributed by atoms with Crippen molar-refractivity contribution in [3.05, 3.63) is 0 Å². The molecule has 0 heterocycles. The van der Waals surface area contributed by atoms with E-state index in [0.29, 0.717) is 5.41 Å². The van der Waals surface area contributed by atoms with Gasteiger partial charge in [0.15, 0.2) is 0 Å². The van der Waals surface area contributed by atoms with Gasteiger partial charge in [-0.3, -0.25) is 0 Å². The van der Waals surface area contributed by atoms with Crippen molar-refractivity contribution in [2.24, 2.45) is 52.8 Å². The normalized spacial score (nSPS) is 55.9. The summed E-state index contributed by atoms with van der Waals surface area (Å²) < 4.78 is 0. The lowest BCUT2D eigenvalue weighted by Crippen LogP contribution is -2.51. The molecular formula is C27H46O2. The van der Waals surface area contributed by atoms with Gasteiger partial charge in [0.2, 0.25) is 0 Å². The Balaban J connectivity index is 1.55. The lowest BCUT2D eigenvalue weighted by molar-refractivity contribution is -0.0956. The largest absolute Gasteiger partial charge is 0.393 e. The van der Waals surface area contributed by atoms with E-state index in [2.05, 4.69) is 13.8 Å². The zero-order valence-electron chi connectivity index (χ0n) is 19.1. The third-order valence-corrected chi connectivity index (χ3v) is 11.0.